The predicted octanol–water partition coefficient (Wildman–Crippen LogP) is 2.60. The van der Waals surface area contributed by atoms with Crippen LogP contribution in [0.4, 0.5) is 0 Å². The highest BCUT2D eigenvalue weighted by atomic mass is 16.5. The highest BCUT2D eigenvalue weighted by Crippen LogP contribution is 2.40. The molecule has 0 spiro atoms. The van der Waals surface area contributed by atoms with Crippen LogP contribution in [0, 0.1) is 5.92 Å². The summed E-state index contributed by atoms with van der Waals surface area (Å²) in [5.41, 5.74) is 3.31. The Kier molecular flexibility index (Phi) is 3.19. The van der Waals surface area contributed by atoms with E-state index in [1.54, 1.807) is 17.8 Å². The van der Waals surface area contributed by atoms with Gasteiger partial charge in [-0.3, -0.25) is 14.6 Å². The lowest BCUT2D eigenvalue weighted by atomic mass is 10.0. The average Bonchev–Trinajstić information content (AvgIpc) is 3.20. The zero-order valence-electron chi connectivity index (χ0n) is 14.7. The Balaban J connectivity index is 1.78. The predicted molar refractivity (Wildman–Crippen MR) is 99.3 cm³/mol. The third-order valence-electron chi connectivity index (χ3n) is 5.12. The number of rotatable bonds is 4. The molecule has 1 N–H and O–H groups in total. The molecule has 7 nitrogen and oxygen atoms in total. The van der Waals surface area contributed by atoms with Crippen LogP contribution in [0.15, 0.2) is 35.5 Å². The van der Waals surface area contributed by atoms with Gasteiger partial charge >= 0.3 is 0 Å². The van der Waals surface area contributed by atoms with Crippen molar-refractivity contribution in [2.75, 3.05) is 6.61 Å². The van der Waals surface area contributed by atoms with E-state index in [1.165, 1.54) is 12.8 Å². The molecule has 26 heavy (non-hydrogen) atoms. The number of H-pyrrole nitrogens is 1. The fourth-order valence-corrected chi connectivity index (χ4v) is 3.42. The van der Waals surface area contributed by atoms with Crippen molar-refractivity contribution < 1.29 is 4.74 Å². The minimum atomic E-state index is -0.0934. The van der Waals surface area contributed by atoms with Gasteiger partial charge in [0, 0.05) is 36.8 Å². The lowest BCUT2D eigenvalue weighted by Crippen LogP contribution is -2.16. The molecule has 0 atom stereocenters. The molecule has 132 valence electrons. The van der Waals surface area contributed by atoms with Crippen LogP contribution in [0.2, 0.25) is 0 Å². The topological polar surface area (TPSA) is 77.7 Å². The summed E-state index contributed by atoms with van der Waals surface area (Å²) in [4.78, 5) is 12.3. The molecule has 0 unspecified atom stereocenters. The zero-order chi connectivity index (χ0) is 17.8. The molecule has 1 aliphatic rings. The highest BCUT2D eigenvalue weighted by molar-refractivity contribution is 6.00. The van der Waals surface area contributed by atoms with Gasteiger partial charge in [0.2, 0.25) is 0 Å². The minimum Gasteiger partial charge on any atom is -0.492 e. The normalized spacial score (nSPS) is 14.4. The Morgan fingerprint density at radius 3 is 2.85 bits per heavy atom. The van der Waals surface area contributed by atoms with Gasteiger partial charge in [-0.1, -0.05) is 0 Å². The van der Waals surface area contributed by atoms with Gasteiger partial charge in [0.15, 0.2) is 0 Å². The molecule has 5 rings (SSSR count). The van der Waals surface area contributed by atoms with E-state index in [0.717, 1.165) is 33.2 Å². The summed E-state index contributed by atoms with van der Waals surface area (Å²) in [6.07, 6.45) is 7.84. The van der Waals surface area contributed by atoms with Gasteiger partial charge in [0.1, 0.15) is 11.3 Å². The number of ether oxygens (including phenoxy) is 1. The second-order valence-electron chi connectivity index (χ2n) is 7.02. The molecule has 0 aliphatic heterocycles. The number of nitrogens with zero attached hydrogens (tertiary/aromatic N) is 4. The van der Waals surface area contributed by atoms with Crippen LogP contribution in [0.25, 0.3) is 32.9 Å². The summed E-state index contributed by atoms with van der Waals surface area (Å²) >= 11 is 0. The number of benzene rings is 1. The summed E-state index contributed by atoms with van der Waals surface area (Å²) in [7, 11) is 3.67. The van der Waals surface area contributed by atoms with E-state index < -0.39 is 0 Å². The van der Waals surface area contributed by atoms with Gasteiger partial charge in [0.05, 0.1) is 29.9 Å². The Morgan fingerprint density at radius 2 is 2.04 bits per heavy atom. The molecule has 4 aromatic rings. The van der Waals surface area contributed by atoms with Gasteiger partial charge in [0.25, 0.3) is 5.56 Å². The smallest absolute Gasteiger partial charge is 0.276 e. The number of pyridine rings is 1. The van der Waals surface area contributed by atoms with Gasteiger partial charge in [-0.25, -0.2) is 0 Å². The van der Waals surface area contributed by atoms with E-state index in [9.17, 15) is 4.79 Å². The number of hydrogen-bond donors (Lipinski definition) is 1. The van der Waals surface area contributed by atoms with Gasteiger partial charge in [-0.15, -0.1) is 0 Å². The molecule has 1 fully saturated rings. The quantitative estimate of drug-likeness (QED) is 0.614. The van der Waals surface area contributed by atoms with Crippen LogP contribution < -0.4 is 10.3 Å². The summed E-state index contributed by atoms with van der Waals surface area (Å²) in [5, 5.41) is 13.1. The molecule has 1 saturated carbocycles. The van der Waals surface area contributed by atoms with Crippen LogP contribution >= 0.6 is 0 Å². The Labute approximate surface area is 149 Å². The van der Waals surface area contributed by atoms with Crippen LogP contribution in [-0.2, 0) is 14.1 Å². The molecular formula is C19H19N5O2. The molecule has 0 saturated heterocycles. The van der Waals surface area contributed by atoms with E-state index in [0.29, 0.717) is 18.0 Å². The van der Waals surface area contributed by atoms with Crippen molar-refractivity contribution >= 4 is 21.8 Å². The Hall–Kier alpha value is -3.09. The number of fused-ring (bicyclic) bond motifs is 2. The Morgan fingerprint density at radius 1 is 1.19 bits per heavy atom. The lowest BCUT2D eigenvalue weighted by Gasteiger charge is -2.14. The molecule has 1 aliphatic carbocycles. The van der Waals surface area contributed by atoms with E-state index in [-0.39, 0.29) is 5.56 Å². The van der Waals surface area contributed by atoms with Gasteiger partial charge in [-0.05, 0) is 30.9 Å². The Bertz CT molecular complexity index is 1200. The number of aromatic nitrogens is 5. The standard InChI is InChI=1S/C19H19N5O2/c1-23-9-15(13-7-20-22-17(13)19(23)25)12-5-6-16-14(8-21-24(16)2)18(12)26-10-11-3-4-11/h5-9,11H,3-4,10H2,1-2H3,(H,20,22). The molecule has 0 amide bonds. The molecule has 3 aromatic heterocycles. The maximum absolute atomic E-state index is 12.3. The lowest BCUT2D eigenvalue weighted by molar-refractivity contribution is 0.304. The van der Waals surface area contributed by atoms with Crippen molar-refractivity contribution in [1.29, 1.82) is 0 Å². The first-order chi connectivity index (χ1) is 12.6. The van der Waals surface area contributed by atoms with Crippen LogP contribution in [0.5, 0.6) is 5.75 Å². The van der Waals surface area contributed by atoms with Gasteiger partial charge in [-0.2, -0.15) is 10.2 Å². The highest BCUT2D eigenvalue weighted by Gasteiger charge is 2.24. The average molecular weight is 349 g/mol. The zero-order valence-corrected chi connectivity index (χ0v) is 14.7. The van der Waals surface area contributed by atoms with Crippen molar-refractivity contribution in [3.63, 3.8) is 0 Å². The number of aromatic amines is 1. The summed E-state index contributed by atoms with van der Waals surface area (Å²) in [5.74, 6) is 1.47. The van der Waals surface area contributed by atoms with Crippen molar-refractivity contribution in [3.8, 4) is 16.9 Å². The maximum atomic E-state index is 12.3. The first-order valence-corrected chi connectivity index (χ1v) is 8.74. The van der Waals surface area contributed by atoms with Crippen molar-refractivity contribution in [2.24, 2.45) is 20.0 Å². The van der Waals surface area contributed by atoms with Crippen molar-refractivity contribution in [1.82, 2.24) is 24.5 Å². The fraction of sp³-hybridized carbons (Fsp3) is 0.316. The number of hydrogen-bond acceptors (Lipinski definition) is 4. The van der Waals surface area contributed by atoms with Crippen LogP contribution in [-0.4, -0.2) is 31.2 Å². The molecule has 7 heteroatoms. The molecule has 0 bridgehead atoms. The second-order valence-corrected chi connectivity index (χ2v) is 7.02. The van der Waals surface area contributed by atoms with Crippen LogP contribution in [0.3, 0.4) is 0 Å². The number of aryl methyl sites for hydroxylation is 2. The summed E-state index contributed by atoms with van der Waals surface area (Å²) in [6.45, 7) is 0.710. The van der Waals surface area contributed by atoms with E-state index in [1.807, 2.05) is 36.3 Å². The van der Waals surface area contributed by atoms with Crippen LogP contribution in [0.1, 0.15) is 12.8 Å². The molecule has 3 heterocycles. The monoisotopic (exact) mass is 349 g/mol. The van der Waals surface area contributed by atoms with E-state index in [2.05, 4.69) is 15.3 Å². The van der Waals surface area contributed by atoms with E-state index in [4.69, 9.17) is 4.74 Å². The summed E-state index contributed by atoms with van der Waals surface area (Å²) < 4.78 is 9.69. The first kappa shape index (κ1) is 15.2. The number of nitrogens with one attached hydrogen (secondary N) is 1. The molecular weight excluding hydrogens is 330 g/mol. The largest absolute Gasteiger partial charge is 0.492 e. The van der Waals surface area contributed by atoms with Gasteiger partial charge < -0.3 is 9.30 Å². The third-order valence-corrected chi connectivity index (χ3v) is 5.12. The third kappa shape index (κ3) is 2.23. The van der Waals surface area contributed by atoms with Crippen molar-refractivity contribution in [2.45, 2.75) is 12.8 Å². The summed E-state index contributed by atoms with van der Waals surface area (Å²) in [6, 6.07) is 4.08. The molecule has 0 radical (unpaired) electrons. The second kappa shape index (κ2) is 5.45. The molecule has 1 aromatic carbocycles. The first-order valence-electron chi connectivity index (χ1n) is 8.74. The van der Waals surface area contributed by atoms with Crippen molar-refractivity contribution in [3.05, 3.63) is 41.1 Å². The minimum absolute atomic E-state index is 0.0934. The fourth-order valence-electron chi connectivity index (χ4n) is 3.42. The van der Waals surface area contributed by atoms with E-state index >= 15 is 0 Å². The maximum Gasteiger partial charge on any atom is 0.276 e. The SMILES string of the molecule is Cn1cc(-c2ccc3c(cnn3C)c2OCC2CC2)c2cn[nH]c2c1=O.